The van der Waals surface area contributed by atoms with E-state index in [1.54, 1.807) is 0 Å². The van der Waals surface area contributed by atoms with Crippen LogP contribution in [0.1, 0.15) is 26.3 Å². The van der Waals surface area contributed by atoms with Crippen molar-refractivity contribution in [1.29, 1.82) is 0 Å². The van der Waals surface area contributed by atoms with E-state index in [0.29, 0.717) is 5.56 Å². The van der Waals surface area contributed by atoms with E-state index in [1.165, 1.54) is 12.1 Å². The first kappa shape index (κ1) is 9.25. The van der Waals surface area contributed by atoms with Crippen LogP contribution < -0.4 is 0 Å². The Balaban J connectivity index is 3.27. The topological polar surface area (TPSA) is 74.6 Å². The van der Waals surface area contributed by atoms with Crippen molar-refractivity contribution in [1.82, 2.24) is 0 Å². The van der Waals surface area contributed by atoms with Crippen molar-refractivity contribution in [3.05, 3.63) is 41.8 Å². The standard InChI is InChI=1S/C9H7O4/c1-5-2-3-6(8(10)11)4-7(5)9(12)13/h2-4H,1H2,(H,10,11)(H,12,13). The van der Waals surface area contributed by atoms with Gasteiger partial charge in [-0.05, 0) is 24.6 Å². The second-order valence-electron chi connectivity index (χ2n) is 2.48. The first-order chi connectivity index (χ1) is 6.02. The van der Waals surface area contributed by atoms with Crippen molar-refractivity contribution in [2.75, 3.05) is 0 Å². The summed E-state index contributed by atoms with van der Waals surface area (Å²) in [5.74, 6) is -2.32. The summed E-state index contributed by atoms with van der Waals surface area (Å²) in [4.78, 5) is 21.0. The summed E-state index contributed by atoms with van der Waals surface area (Å²) in [6, 6.07) is 3.77. The predicted molar refractivity (Wildman–Crippen MR) is 44.8 cm³/mol. The number of carboxylic acid groups (broad SMARTS) is 2. The Labute approximate surface area is 74.4 Å². The first-order valence-corrected chi connectivity index (χ1v) is 3.45. The molecule has 67 valence electrons. The van der Waals surface area contributed by atoms with Crippen LogP contribution in [-0.4, -0.2) is 22.2 Å². The number of hydrogen-bond donors (Lipinski definition) is 2. The third-order valence-electron chi connectivity index (χ3n) is 1.59. The van der Waals surface area contributed by atoms with Crippen molar-refractivity contribution < 1.29 is 19.8 Å². The van der Waals surface area contributed by atoms with Gasteiger partial charge in [-0.2, -0.15) is 0 Å². The molecule has 1 rings (SSSR count). The largest absolute Gasteiger partial charge is 0.478 e. The molecule has 0 fully saturated rings. The van der Waals surface area contributed by atoms with Gasteiger partial charge in [-0.25, -0.2) is 9.59 Å². The van der Waals surface area contributed by atoms with Crippen LogP contribution in [0.2, 0.25) is 0 Å². The lowest BCUT2D eigenvalue weighted by Crippen LogP contribution is -2.03. The zero-order valence-electron chi connectivity index (χ0n) is 6.65. The summed E-state index contributed by atoms with van der Waals surface area (Å²) in [7, 11) is 0. The average Bonchev–Trinajstić information content (AvgIpc) is 2.04. The van der Waals surface area contributed by atoms with Gasteiger partial charge >= 0.3 is 11.9 Å². The van der Waals surface area contributed by atoms with Crippen molar-refractivity contribution in [2.45, 2.75) is 0 Å². The molecule has 0 aliphatic rings. The quantitative estimate of drug-likeness (QED) is 0.716. The average molecular weight is 179 g/mol. The fraction of sp³-hybridized carbons (Fsp3) is 0. The molecule has 4 heteroatoms. The highest BCUT2D eigenvalue weighted by molar-refractivity contribution is 5.95. The monoisotopic (exact) mass is 179 g/mol. The molecule has 0 saturated heterocycles. The number of carboxylic acids is 2. The summed E-state index contributed by atoms with van der Waals surface area (Å²) in [6.45, 7) is 3.47. The molecule has 0 unspecified atom stereocenters. The molecule has 1 radical (unpaired) electrons. The van der Waals surface area contributed by atoms with Gasteiger partial charge in [0.2, 0.25) is 0 Å². The summed E-state index contributed by atoms with van der Waals surface area (Å²) >= 11 is 0. The zero-order valence-corrected chi connectivity index (χ0v) is 6.65. The minimum atomic E-state index is -1.17. The third-order valence-corrected chi connectivity index (χ3v) is 1.59. The summed E-state index contributed by atoms with van der Waals surface area (Å²) in [6.07, 6.45) is 0. The van der Waals surface area contributed by atoms with Crippen LogP contribution in [0.5, 0.6) is 0 Å². The zero-order chi connectivity index (χ0) is 10.0. The van der Waals surface area contributed by atoms with Gasteiger partial charge in [0.1, 0.15) is 0 Å². The maximum atomic E-state index is 10.6. The van der Waals surface area contributed by atoms with Crippen molar-refractivity contribution >= 4 is 11.9 Å². The van der Waals surface area contributed by atoms with Crippen LogP contribution in [0.15, 0.2) is 18.2 Å². The van der Waals surface area contributed by atoms with Crippen LogP contribution in [-0.2, 0) is 0 Å². The molecule has 4 nitrogen and oxygen atoms in total. The fourth-order valence-electron chi connectivity index (χ4n) is 0.909. The van der Waals surface area contributed by atoms with Crippen LogP contribution in [0, 0.1) is 6.92 Å². The normalized spacial score (nSPS) is 9.62. The minimum absolute atomic E-state index is 0.0511. The smallest absolute Gasteiger partial charge is 0.335 e. The number of hydrogen-bond acceptors (Lipinski definition) is 2. The lowest BCUT2D eigenvalue weighted by atomic mass is 10.1. The maximum Gasteiger partial charge on any atom is 0.335 e. The van der Waals surface area contributed by atoms with Gasteiger partial charge in [0.05, 0.1) is 11.1 Å². The van der Waals surface area contributed by atoms with Crippen LogP contribution in [0.25, 0.3) is 0 Å². The molecule has 1 aromatic carbocycles. The second kappa shape index (κ2) is 3.26. The van der Waals surface area contributed by atoms with Crippen molar-refractivity contribution in [3.8, 4) is 0 Å². The molecular formula is C9H7O4. The van der Waals surface area contributed by atoms with Gasteiger partial charge < -0.3 is 10.2 Å². The molecule has 2 N–H and O–H groups in total. The van der Waals surface area contributed by atoms with Gasteiger partial charge in [-0.1, -0.05) is 6.07 Å². The third kappa shape index (κ3) is 1.84. The minimum Gasteiger partial charge on any atom is -0.478 e. The fourth-order valence-corrected chi connectivity index (χ4v) is 0.909. The summed E-state index contributed by atoms with van der Waals surface area (Å²) in [5, 5.41) is 17.2. The van der Waals surface area contributed by atoms with E-state index in [0.717, 1.165) is 6.07 Å². The molecule has 1 aromatic rings. The van der Waals surface area contributed by atoms with Gasteiger partial charge in [0.25, 0.3) is 0 Å². The van der Waals surface area contributed by atoms with E-state index in [2.05, 4.69) is 6.92 Å². The first-order valence-electron chi connectivity index (χ1n) is 3.45. The van der Waals surface area contributed by atoms with Gasteiger partial charge in [0.15, 0.2) is 0 Å². The predicted octanol–water partition coefficient (Wildman–Crippen LogP) is 1.27. The van der Waals surface area contributed by atoms with Crippen LogP contribution in [0.4, 0.5) is 0 Å². The van der Waals surface area contributed by atoms with Gasteiger partial charge in [-0.15, -0.1) is 0 Å². The van der Waals surface area contributed by atoms with E-state index in [-0.39, 0.29) is 11.1 Å². The molecule has 0 aliphatic heterocycles. The lowest BCUT2D eigenvalue weighted by molar-refractivity contribution is 0.0695. The Morgan fingerprint density at radius 2 is 1.77 bits per heavy atom. The Morgan fingerprint density at radius 1 is 1.15 bits per heavy atom. The molecule has 13 heavy (non-hydrogen) atoms. The highest BCUT2D eigenvalue weighted by atomic mass is 16.4. The molecule has 0 amide bonds. The molecule has 0 atom stereocenters. The highest BCUT2D eigenvalue weighted by Crippen LogP contribution is 2.10. The Morgan fingerprint density at radius 3 is 2.23 bits per heavy atom. The second-order valence-corrected chi connectivity index (χ2v) is 2.48. The molecule has 0 aromatic heterocycles. The van der Waals surface area contributed by atoms with E-state index >= 15 is 0 Å². The van der Waals surface area contributed by atoms with Crippen molar-refractivity contribution in [2.24, 2.45) is 0 Å². The summed E-state index contributed by atoms with van der Waals surface area (Å²) in [5.41, 5.74) is 0.169. The van der Waals surface area contributed by atoms with E-state index in [9.17, 15) is 9.59 Å². The van der Waals surface area contributed by atoms with E-state index in [1.807, 2.05) is 0 Å². The molecule has 0 heterocycles. The number of benzene rings is 1. The highest BCUT2D eigenvalue weighted by Gasteiger charge is 2.10. The van der Waals surface area contributed by atoms with Crippen LogP contribution in [0.3, 0.4) is 0 Å². The molecule has 0 spiro atoms. The number of carbonyl (C=O) groups is 2. The maximum absolute atomic E-state index is 10.6. The molecule has 0 bridgehead atoms. The number of aromatic carboxylic acids is 2. The van der Waals surface area contributed by atoms with E-state index in [4.69, 9.17) is 10.2 Å². The van der Waals surface area contributed by atoms with Gasteiger partial charge in [0, 0.05) is 0 Å². The van der Waals surface area contributed by atoms with Gasteiger partial charge in [-0.3, -0.25) is 0 Å². The van der Waals surface area contributed by atoms with Crippen molar-refractivity contribution in [3.63, 3.8) is 0 Å². The lowest BCUT2D eigenvalue weighted by Gasteiger charge is -2.00. The Kier molecular flexibility index (Phi) is 2.32. The molecule has 0 aliphatic carbocycles. The molecular weight excluding hydrogens is 172 g/mol. The Hall–Kier alpha value is -1.84. The van der Waals surface area contributed by atoms with Crippen LogP contribution >= 0.6 is 0 Å². The SMILES string of the molecule is [CH2]c1ccc(C(=O)O)cc1C(=O)O. The van der Waals surface area contributed by atoms with E-state index < -0.39 is 11.9 Å². The molecule has 0 saturated carbocycles. The number of rotatable bonds is 2. The summed E-state index contributed by atoms with van der Waals surface area (Å²) < 4.78 is 0. The Bertz CT molecular complexity index is 368.